The maximum absolute atomic E-state index is 13.9. The van der Waals surface area contributed by atoms with Crippen LogP contribution < -0.4 is 9.47 Å². The van der Waals surface area contributed by atoms with Gasteiger partial charge in [0.2, 0.25) is 5.91 Å². The lowest BCUT2D eigenvalue weighted by molar-refractivity contribution is -0.148. The van der Waals surface area contributed by atoms with Crippen LogP contribution in [0.1, 0.15) is 87.1 Å². The molecular weight excluding hydrogens is 578 g/mol. The highest BCUT2D eigenvalue weighted by Crippen LogP contribution is 2.37. The largest absolute Gasteiger partial charge is 0.509 e. The molecule has 0 radical (unpaired) electrons. The van der Waals surface area contributed by atoms with Gasteiger partial charge in [-0.15, -0.1) is 0 Å². The van der Waals surface area contributed by atoms with Crippen molar-refractivity contribution in [2.75, 3.05) is 27.4 Å². The van der Waals surface area contributed by atoms with E-state index in [1.807, 2.05) is 18.2 Å². The number of amides is 2. The number of imide groups is 1. The zero-order valence-electron chi connectivity index (χ0n) is 29.2. The fraction of sp³-hybridized carbons (Fsp3) is 0.686. The van der Waals surface area contributed by atoms with Gasteiger partial charge in [0.1, 0.15) is 17.3 Å². The van der Waals surface area contributed by atoms with Crippen molar-refractivity contribution in [3.05, 3.63) is 35.9 Å². The number of carbonyl (C=O) groups is 3. The summed E-state index contributed by atoms with van der Waals surface area (Å²) < 4.78 is 33.8. The molecule has 4 atom stereocenters. The molecule has 1 aromatic carbocycles. The van der Waals surface area contributed by atoms with Gasteiger partial charge in [-0.25, -0.2) is 14.5 Å². The number of carbonyl (C=O) groups excluding carboxylic acids is 3. The summed E-state index contributed by atoms with van der Waals surface area (Å²) in [7, 11) is 3.25. The molecule has 0 spiro atoms. The maximum atomic E-state index is 13.9. The van der Waals surface area contributed by atoms with Gasteiger partial charge in [0.25, 0.3) is 0 Å². The minimum Gasteiger partial charge on any atom is -0.493 e. The predicted molar refractivity (Wildman–Crippen MR) is 173 cm³/mol. The molecule has 1 aliphatic rings. The highest BCUT2D eigenvalue weighted by atomic mass is 16.7. The molecule has 1 fully saturated rings. The summed E-state index contributed by atoms with van der Waals surface area (Å²) in [5.74, 6) is 0.251. The molecule has 10 nitrogen and oxygen atoms in total. The molecule has 0 aliphatic carbocycles. The second-order valence-corrected chi connectivity index (χ2v) is 14.1. The topological polar surface area (TPSA) is 110 Å². The van der Waals surface area contributed by atoms with Gasteiger partial charge >= 0.3 is 12.2 Å². The van der Waals surface area contributed by atoms with E-state index in [1.165, 1.54) is 0 Å². The fourth-order valence-corrected chi connectivity index (χ4v) is 5.27. The van der Waals surface area contributed by atoms with E-state index in [4.69, 9.17) is 28.4 Å². The number of nitrogens with zero attached hydrogens (tertiary/aromatic N) is 1. The van der Waals surface area contributed by atoms with Crippen molar-refractivity contribution in [3.63, 3.8) is 0 Å². The Morgan fingerprint density at radius 3 is 2.18 bits per heavy atom. The van der Waals surface area contributed by atoms with Crippen molar-refractivity contribution >= 4 is 18.2 Å². The first-order valence-corrected chi connectivity index (χ1v) is 15.8. The minimum absolute atomic E-state index is 0.0198. The third-order valence-corrected chi connectivity index (χ3v) is 7.55. The summed E-state index contributed by atoms with van der Waals surface area (Å²) in [6.07, 6.45) is -0.559. The van der Waals surface area contributed by atoms with E-state index < -0.39 is 47.4 Å². The fourth-order valence-electron chi connectivity index (χ4n) is 5.27. The Morgan fingerprint density at radius 2 is 1.64 bits per heavy atom. The summed E-state index contributed by atoms with van der Waals surface area (Å²) in [5, 5.41) is 0. The second-order valence-electron chi connectivity index (χ2n) is 14.1. The molecule has 2 unspecified atom stereocenters. The molecule has 1 aliphatic heterocycles. The van der Waals surface area contributed by atoms with E-state index >= 15 is 0 Å². The molecule has 0 aromatic heterocycles. The van der Waals surface area contributed by atoms with Crippen LogP contribution in [-0.4, -0.2) is 73.8 Å². The van der Waals surface area contributed by atoms with Gasteiger partial charge in [-0.2, -0.15) is 0 Å². The third-order valence-electron chi connectivity index (χ3n) is 7.55. The van der Waals surface area contributed by atoms with Crippen LogP contribution in [0.25, 0.3) is 0 Å². The van der Waals surface area contributed by atoms with E-state index in [9.17, 15) is 14.4 Å². The van der Waals surface area contributed by atoms with E-state index in [1.54, 1.807) is 62.7 Å². The molecule has 10 heteroatoms. The van der Waals surface area contributed by atoms with Crippen molar-refractivity contribution in [3.8, 4) is 11.5 Å². The van der Waals surface area contributed by atoms with Crippen LogP contribution in [0.5, 0.6) is 11.5 Å². The van der Waals surface area contributed by atoms with E-state index in [0.717, 1.165) is 16.9 Å². The van der Waals surface area contributed by atoms with Gasteiger partial charge < -0.3 is 28.4 Å². The Morgan fingerprint density at radius 1 is 1.00 bits per heavy atom. The lowest BCUT2D eigenvalue weighted by atomic mass is 9.78. The summed E-state index contributed by atoms with van der Waals surface area (Å²) in [6.45, 7) is 21.5. The molecule has 1 aromatic rings. The number of likely N-dealkylation sites (tertiary alicyclic amines) is 1. The molecule has 0 N–H and O–H groups in total. The number of hydrogen-bond donors (Lipinski definition) is 0. The molecule has 1 heterocycles. The summed E-state index contributed by atoms with van der Waals surface area (Å²) in [5.41, 5.74) is -0.0544. The number of ether oxygens (including phenoxy) is 6. The van der Waals surface area contributed by atoms with Crippen LogP contribution in [0.3, 0.4) is 0 Å². The van der Waals surface area contributed by atoms with Gasteiger partial charge in [0.05, 0.1) is 25.7 Å². The predicted octanol–water partition coefficient (Wildman–Crippen LogP) is 7.36. The third kappa shape index (κ3) is 11.9. The van der Waals surface area contributed by atoms with Gasteiger partial charge in [-0.1, -0.05) is 32.1 Å². The number of piperidine rings is 1. The summed E-state index contributed by atoms with van der Waals surface area (Å²) >= 11 is 0. The van der Waals surface area contributed by atoms with E-state index in [0.29, 0.717) is 43.1 Å². The van der Waals surface area contributed by atoms with Crippen LogP contribution in [0.4, 0.5) is 9.59 Å². The van der Waals surface area contributed by atoms with Gasteiger partial charge in [-0.05, 0) is 90.8 Å². The standard InChI is InChI=1S/C35H55NO9/c1-22(2)25(18-24-14-15-28(41-12)30(19-24)42-17-13-16-40-11)20-27-29(43-33(39)45-35(8,9)10)21-26(23(3)4)31(37)36(27)32(38)44-34(5,6)7/h14-15,19,22,25-27,29H,3,13,16-18,20-21H2,1-2,4-12H3/t25-,26?,27-,29?/m0/s1. The first-order chi connectivity index (χ1) is 20.9. The zero-order valence-corrected chi connectivity index (χ0v) is 29.2. The Labute approximate surface area is 269 Å². The average molecular weight is 634 g/mol. The van der Waals surface area contributed by atoms with Gasteiger partial charge in [0.15, 0.2) is 11.5 Å². The van der Waals surface area contributed by atoms with E-state index in [2.05, 4.69) is 20.4 Å². The average Bonchev–Trinajstić information content (AvgIpc) is 2.89. The molecule has 0 bridgehead atoms. The highest BCUT2D eigenvalue weighted by Gasteiger charge is 2.49. The molecule has 45 heavy (non-hydrogen) atoms. The van der Waals surface area contributed by atoms with Crippen molar-refractivity contribution in [1.29, 1.82) is 0 Å². The van der Waals surface area contributed by atoms with Crippen molar-refractivity contribution in [1.82, 2.24) is 4.90 Å². The molecule has 2 rings (SSSR count). The van der Waals surface area contributed by atoms with E-state index in [-0.39, 0.29) is 18.3 Å². The molecule has 2 amide bonds. The number of rotatable bonds is 13. The monoisotopic (exact) mass is 633 g/mol. The lowest BCUT2D eigenvalue weighted by Crippen LogP contribution is -2.60. The zero-order chi connectivity index (χ0) is 34.1. The Kier molecular flexibility index (Phi) is 13.8. The number of hydrogen-bond acceptors (Lipinski definition) is 9. The van der Waals surface area contributed by atoms with Crippen LogP contribution in [-0.2, 0) is 30.2 Å². The maximum Gasteiger partial charge on any atom is 0.509 e. The smallest absolute Gasteiger partial charge is 0.493 e. The Hall–Kier alpha value is -3.27. The van der Waals surface area contributed by atoms with Gasteiger partial charge in [0, 0.05) is 26.6 Å². The SMILES string of the molecule is C=C(C)C1CC(OC(=O)OC(C)(C)C)[C@H](C[C@H](Cc2ccc(OC)c(OCCCOC)c2)C(C)C)N(C(=O)OC(C)(C)C)C1=O. The van der Waals surface area contributed by atoms with Crippen LogP contribution >= 0.6 is 0 Å². The number of benzene rings is 1. The molecular formula is C35H55NO9. The molecule has 0 saturated carbocycles. The quantitative estimate of drug-likeness (QED) is 0.125. The first kappa shape index (κ1) is 37.9. The lowest BCUT2D eigenvalue weighted by Gasteiger charge is -2.44. The van der Waals surface area contributed by atoms with Crippen molar-refractivity contribution < 1.29 is 42.8 Å². The second kappa shape index (κ2) is 16.3. The number of methoxy groups -OCH3 is 2. The van der Waals surface area contributed by atoms with Crippen molar-refractivity contribution in [2.24, 2.45) is 17.8 Å². The van der Waals surface area contributed by atoms with Crippen LogP contribution in [0, 0.1) is 17.8 Å². The van der Waals surface area contributed by atoms with Crippen LogP contribution in [0.15, 0.2) is 30.4 Å². The summed E-state index contributed by atoms with van der Waals surface area (Å²) in [6, 6.07) is 5.04. The normalized spacial score (nSPS) is 19.6. The van der Waals surface area contributed by atoms with Crippen molar-refractivity contribution in [2.45, 2.75) is 111 Å². The molecule has 1 saturated heterocycles. The summed E-state index contributed by atoms with van der Waals surface area (Å²) in [4.78, 5) is 41.7. The minimum atomic E-state index is -0.858. The Balaban J connectivity index is 2.50. The highest BCUT2D eigenvalue weighted by molar-refractivity contribution is 5.96. The first-order valence-electron chi connectivity index (χ1n) is 15.8. The Bertz CT molecular complexity index is 1160. The molecule has 254 valence electrons. The van der Waals surface area contributed by atoms with Gasteiger partial charge in [-0.3, -0.25) is 4.79 Å². The van der Waals surface area contributed by atoms with Crippen LogP contribution in [0.2, 0.25) is 0 Å².